The summed E-state index contributed by atoms with van der Waals surface area (Å²) in [5, 5.41) is 8.66. The molecule has 10 heteroatoms. The van der Waals surface area contributed by atoms with Crippen molar-refractivity contribution < 1.29 is 18.0 Å². The average Bonchev–Trinajstić information content (AvgIpc) is 3.28. The zero-order valence-electron chi connectivity index (χ0n) is 17.1. The Morgan fingerprint density at radius 3 is 2.69 bits per heavy atom. The lowest BCUT2D eigenvalue weighted by molar-refractivity contribution is 0.0962. The van der Waals surface area contributed by atoms with Gasteiger partial charge in [-0.25, -0.2) is 18.2 Å². The molecule has 0 saturated carbocycles. The summed E-state index contributed by atoms with van der Waals surface area (Å²) in [6, 6.07) is 7.85. The Morgan fingerprint density at radius 2 is 1.97 bits per heavy atom. The molecule has 2 aromatic heterocycles. The maximum absolute atomic E-state index is 14.1. The second kappa shape index (κ2) is 8.29. The lowest BCUT2D eigenvalue weighted by Gasteiger charge is -2.17. The summed E-state index contributed by atoms with van der Waals surface area (Å²) in [6.45, 7) is 1.69. The molecule has 2 N–H and O–H groups in total. The van der Waals surface area contributed by atoms with Gasteiger partial charge in [0, 0.05) is 18.2 Å². The van der Waals surface area contributed by atoms with Gasteiger partial charge in [-0.2, -0.15) is 5.10 Å². The van der Waals surface area contributed by atoms with Gasteiger partial charge in [0.1, 0.15) is 11.5 Å². The largest absolute Gasteiger partial charge is 0.355 e. The minimum Gasteiger partial charge on any atom is -0.355 e. The van der Waals surface area contributed by atoms with Gasteiger partial charge >= 0.3 is 0 Å². The first-order valence-corrected chi connectivity index (χ1v) is 9.65. The van der Waals surface area contributed by atoms with Gasteiger partial charge in [0.25, 0.3) is 17.9 Å². The molecule has 7 nitrogen and oxygen atoms in total. The molecule has 0 aliphatic heterocycles. The van der Waals surface area contributed by atoms with Crippen molar-refractivity contribution in [1.82, 2.24) is 25.1 Å². The quantitative estimate of drug-likeness (QED) is 0.492. The molecule has 0 aliphatic rings. The maximum atomic E-state index is 14.1. The number of hydrogen-bond acceptors (Lipinski definition) is 4. The van der Waals surface area contributed by atoms with Gasteiger partial charge in [0.2, 0.25) is 0 Å². The summed E-state index contributed by atoms with van der Waals surface area (Å²) in [4.78, 5) is 29.3. The van der Waals surface area contributed by atoms with Crippen molar-refractivity contribution in [3.63, 3.8) is 0 Å². The van der Waals surface area contributed by atoms with Gasteiger partial charge in [-0.05, 0) is 48.4 Å². The van der Waals surface area contributed by atoms with Crippen LogP contribution in [0.15, 0.2) is 53.7 Å². The van der Waals surface area contributed by atoms with E-state index in [1.165, 1.54) is 48.4 Å². The van der Waals surface area contributed by atoms with Crippen LogP contribution in [0, 0.1) is 5.82 Å². The van der Waals surface area contributed by atoms with E-state index >= 15 is 0 Å². The number of hydrogen-bond donors (Lipinski definition) is 2. The van der Waals surface area contributed by atoms with Gasteiger partial charge in [0.15, 0.2) is 0 Å². The zero-order valence-corrected chi connectivity index (χ0v) is 17.1. The number of rotatable bonds is 5. The summed E-state index contributed by atoms with van der Waals surface area (Å²) in [5.74, 6) is -1.05. The molecule has 2 heterocycles. The zero-order chi connectivity index (χ0) is 23.0. The van der Waals surface area contributed by atoms with Crippen LogP contribution in [0.5, 0.6) is 0 Å². The molecule has 0 unspecified atom stereocenters. The van der Waals surface area contributed by atoms with Gasteiger partial charge < -0.3 is 5.32 Å². The summed E-state index contributed by atoms with van der Waals surface area (Å²) in [6.07, 6.45) is -0.122. The highest BCUT2D eigenvalue weighted by atomic mass is 19.3. The minimum atomic E-state index is -2.73. The van der Waals surface area contributed by atoms with E-state index in [9.17, 15) is 22.8 Å². The first kappa shape index (κ1) is 21.3. The van der Waals surface area contributed by atoms with Gasteiger partial charge in [-0.3, -0.25) is 19.3 Å². The summed E-state index contributed by atoms with van der Waals surface area (Å²) in [5.41, 5.74) is 0.842. The first-order chi connectivity index (χ1) is 15.3. The summed E-state index contributed by atoms with van der Waals surface area (Å²) in [7, 11) is 1.44. The molecule has 32 heavy (non-hydrogen) atoms. The molecule has 1 atom stereocenters. The van der Waals surface area contributed by atoms with Crippen molar-refractivity contribution in [2.45, 2.75) is 19.4 Å². The fourth-order valence-electron chi connectivity index (χ4n) is 3.56. The van der Waals surface area contributed by atoms with E-state index in [1.807, 2.05) is 0 Å². The third-order valence-corrected chi connectivity index (χ3v) is 5.29. The lowest BCUT2D eigenvalue weighted by atomic mass is 10.0. The van der Waals surface area contributed by atoms with E-state index in [4.69, 9.17) is 0 Å². The van der Waals surface area contributed by atoms with E-state index < -0.39 is 24.2 Å². The highest BCUT2D eigenvalue weighted by Gasteiger charge is 2.19. The first-order valence-electron chi connectivity index (χ1n) is 9.65. The Balaban J connectivity index is 1.76. The fraction of sp³-hybridized carbons (Fsp3) is 0.182. The van der Waals surface area contributed by atoms with Crippen molar-refractivity contribution in [3.05, 3.63) is 81.9 Å². The Kier molecular flexibility index (Phi) is 5.52. The van der Waals surface area contributed by atoms with Crippen molar-refractivity contribution >= 4 is 16.8 Å². The minimum absolute atomic E-state index is 0.135. The molecule has 2 aromatic carbocycles. The molecule has 164 valence electrons. The van der Waals surface area contributed by atoms with Gasteiger partial charge in [-0.15, -0.1) is 0 Å². The maximum Gasteiger partial charge on any atom is 0.280 e. The molecular formula is C22H18F3N5O2. The van der Waals surface area contributed by atoms with Crippen LogP contribution in [-0.4, -0.2) is 32.7 Å². The fourth-order valence-corrected chi connectivity index (χ4v) is 3.56. The van der Waals surface area contributed by atoms with Crippen LogP contribution in [0.4, 0.5) is 13.2 Å². The Bertz CT molecular complexity index is 1380. The molecule has 0 saturated heterocycles. The molecule has 0 spiro atoms. The number of carbonyl (C=O) groups is 1. The standard InChI is InChI=1S/C22H18F3N5O2/c1-11(13-5-14(21(31)26-2)7-15(23)6-13)30-10-27-18-8-12(3-4-16(18)22(30)32)17-9-28-29-19(17)20(24)25/h3-11,20H,1-2H3,(H,26,31)(H,28,29)/t11-/m1/s1. The molecule has 4 aromatic rings. The molecule has 4 rings (SSSR count). The third kappa shape index (κ3) is 3.75. The normalized spacial score (nSPS) is 12.3. The highest BCUT2D eigenvalue weighted by Crippen LogP contribution is 2.30. The number of halogens is 3. The average molecular weight is 441 g/mol. The molecule has 0 bridgehead atoms. The number of aromatic nitrogens is 4. The topological polar surface area (TPSA) is 92.7 Å². The summed E-state index contributed by atoms with van der Waals surface area (Å²) < 4.78 is 41.7. The van der Waals surface area contributed by atoms with Crippen LogP contribution in [0.2, 0.25) is 0 Å². The smallest absolute Gasteiger partial charge is 0.280 e. The molecular weight excluding hydrogens is 423 g/mol. The number of fused-ring (bicyclic) bond motifs is 1. The Morgan fingerprint density at radius 1 is 1.19 bits per heavy atom. The van der Waals surface area contributed by atoms with Crippen molar-refractivity contribution in [2.75, 3.05) is 7.05 Å². The van der Waals surface area contributed by atoms with E-state index in [1.54, 1.807) is 13.0 Å². The number of H-pyrrole nitrogens is 1. The van der Waals surface area contributed by atoms with E-state index in [2.05, 4.69) is 20.5 Å². The number of aromatic amines is 1. The molecule has 0 fully saturated rings. The molecule has 0 radical (unpaired) electrons. The van der Waals surface area contributed by atoms with E-state index in [-0.39, 0.29) is 27.8 Å². The highest BCUT2D eigenvalue weighted by molar-refractivity contribution is 5.94. The number of nitrogens with zero attached hydrogens (tertiary/aromatic N) is 3. The van der Waals surface area contributed by atoms with E-state index in [0.717, 1.165) is 6.07 Å². The number of nitrogens with one attached hydrogen (secondary N) is 2. The van der Waals surface area contributed by atoms with Crippen LogP contribution in [-0.2, 0) is 0 Å². The monoisotopic (exact) mass is 441 g/mol. The number of alkyl halides is 2. The van der Waals surface area contributed by atoms with Crippen LogP contribution < -0.4 is 10.9 Å². The predicted molar refractivity (Wildman–Crippen MR) is 112 cm³/mol. The van der Waals surface area contributed by atoms with E-state index in [0.29, 0.717) is 16.6 Å². The van der Waals surface area contributed by atoms with Crippen molar-refractivity contribution in [3.8, 4) is 11.1 Å². The van der Waals surface area contributed by atoms with Crippen LogP contribution in [0.1, 0.15) is 41.0 Å². The third-order valence-electron chi connectivity index (χ3n) is 5.29. The SMILES string of the molecule is CNC(=O)c1cc(F)cc([C@@H](C)n2cnc3cc(-c4cn[nH]c4C(F)F)ccc3c2=O)c1. The Labute approximate surface area is 179 Å². The van der Waals surface area contributed by atoms with Crippen molar-refractivity contribution in [1.29, 1.82) is 0 Å². The number of benzene rings is 2. The van der Waals surface area contributed by atoms with Crippen LogP contribution >= 0.6 is 0 Å². The second-order valence-electron chi connectivity index (χ2n) is 7.22. The Hall–Kier alpha value is -3.95. The molecule has 1 amide bonds. The van der Waals surface area contributed by atoms with Crippen LogP contribution in [0.3, 0.4) is 0 Å². The molecule has 0 aliphatic carbocycles. The lowest BCUT2D eigenvalue weighted by Crippen LogP contribution is -2.25. The number of carbonyl (C=O) groups excluding carboxylic acids is 1. The summed E-state index contributed by atoms with van der Waals surface area (Å²) >= 11 is 0. The van der Waals surface area contributed by atoms with Crippen LogP contribution in [0.25, 0.3) is 22.0 Å². The number of amides is 1. The van der Waals surface area contributed by atoms with Gasteiger partial charge in [-0.1, -0.05) is 6.07 Å². The predicted octanol–water partition coefficient (Wildman–Crippen LogP) is 3.83. The second-order valence-corrected chi connectivity index (χ2v) is 7.22. The van der Waals surface area contributed by atoms with Gasteiger partial charge in [0.05, 0.1) is 29.5 Å². The van der Waals surface area contributed by atoms with Crippen molar-refractivity contribution in [2.24, 2.45) is 0 Å².